The van der Waals surface area contributed by atoms with E-state index in [1.165, 1.54) is 0 Å². The van der Waals surface area contributed by atoms with Crippen molar-refractivity contribution in [2.24, 2.45) is 0 Å². The molecule has 2 fully saturated rings. The van der Waals surface area contributed by atoms with Crippen LogP contribution in [0.3, 0.4) is 0 Å². The summed E-state index contributed by atoms with van der Waals surface area (Å²) in [7, 11) is 0. The lowest BCUT2D eigenvalue weighted by molar-refractivity contribution is -0.135. The number of piperazine rings is 1. The van der Waals surface area contributed by atoms with Gasteiger partial charge in [0.2, 0.25) is 0 Å². The van der Waals surface area contributed by atoms with Crippen molar-refractivity contribution in [2.45, 2.75) is 33.0 Å². The van der Waals surface area contributed by atoms with E-state index in [-0.39, 0.29) is 24.2 Å². The average Bonchev–Trinajstić information content (AvgIpc) is 3.06. The fraction of sp³-hybridized carbons (Fsp3) is 0.400. The van der Waals surface area contributed by atoms with Gasteiger partial charge in [-0.3, -0.25) is 24.0 Å². The van der Waals surface area contributed by atoms with E-state index in [1.807, 2.05) is 55.1 Å². The zero-order chi connectivity index (χ0) is 32.0. The molecule has 1 amide bonds. The van der Waals surface area contributed by atoms with Crippen LogP contribution in [0.15, 0.2) is 71.5 Å². The zero-order valence-electron chi connectivity index (χ0n) is 26.4. The molecule has 0 atom stereocenters. The lowest BCUT2D eigenvalue weighted by Crippen LogP contribution is -2.50. The Bertz CT molecular complexity index is 1710. The molecule has 2 aliphatic rings. The second-order valence-corrected chi connectivity index (χ2v) is 12.4. The van der Waals surface area contributed by atoms with Crippen LogP contribution < -0.4 is 15.0 Å². The lowest BCUT2D eigenvalue weighted by atomic mass is 10.1. The van der Waals surface area contributed by atoms with Crippen LogP contribution in [0.5, 0.6) is 11.5 Å². The second-order valence-electron chi connectivity index (χ2n) is 11.9. The number of halogens is 1. The minimum Gasteiger partial charge on any atom is -0.489 e. The molecule has 10 nitrogen and oxygen atoms in total. The highest BCUT2D eigenvalue weighted by atomic mass is 35.5. The Hall–Kier alpha value is -3.96. The molecule has 46 heavy (non-hydrogen) atoms. The number of fused-ring (bicyclic) bond motifs is 1. The van der Waals surface area contributed by atoms with Gasteiger partial charge in [-0.25, -0.2) is 4.98 Å². The number of carbonyl (C=O) groups is 1. The zero-order valence-corrected chi connectivity index (χ0v) is 27.1. The summed E-state index contributed by atoms with van der Waals surface area (Å²) in [5, 5.41) is 1.17. The summed E-state index contributed by atoms with van der Waals surface area (Å²) in [5.74, 6) is 1.82. The van der Waals surface area contributed by atoms with Gasteiger partial charge in [0.1, 0.15) is 17.3 Å². The topological polar surface area (TPSA) is 89.4 Å². The van der Waals surface area contributed by atoms with Gasteiger partial charge in [0, 0.05) is 50.8 Å². The van der Waals surface area contributed by atoms with E-state index < -0.39 is 0 Å². The molecule has 6 rings (SSSR count). The van der Waals surface area contributed by atoms with Gasteiger partial charge in [0.15, 0.2) is 6.61 Å². The maximum absolute atomic E-state index is 14.1. The molecule has 242 valence electrons. The molecule has 0 radical (unpaired) electrons. The van der Waals surface area contributed by atoms with E-state index >= 15 is 0 Å². The molecular weight excluding hydrogens is 606 g/mol. The fourth-order valence-electron chi connectivity index (χ4n) is 5.86. The molecular formula is C35H40ClN5O5. The van der Waals surface area contributed by atoms with Crippen LogP contribution in [-0.2, 0) is 22.6 Å². The quantitative estimate of drug-likeness (QED) is 0.251. The predicted octanol–water partition coefficient (Wildman–Crippen LogP) is 4.38. The van der Waals surface area contributed by atoms with Crippen molar-refractivity contribution in [3.63, 3.8) is 0 Å². The van der Waals surface area contributed by atoms with Crippen LogP contribution in [0.2, 0.25) is 5.02 Å². The van der Waals surface area contributed by atoms with Gasteiger partial charge in [0.05, 0.1) is 42.5 Å². The van der Waals surface area contributed by atoms with Gasteiger partial charge in [-0.05, 0) is 67.9 Å². The minimum atomic E-state index is -0.136. The third kappa shape index (κ3) is 7.70. The summed E-state index contributed by atoms with van der Waals surface area (Å²) in [4.78, 5) is 38.4. The molecule has 3 heterocycles. The van der Waals surface area contributed by atoms with E-state index in [1.54, 1.807) is 28.8 Å². The molecule has 0 spiro atoms. The van der Waals surface area contributed by atoms with Crippen LogP contribution in [0.4, 0.5) is 0 Å². The van der Waals surface area contributed by atoms with Crippen molar-refractivity contribution in [3.05, 3.63) is 93.5 Å². The SMILES string of the molecule is CC(C)Oc1cc(CN2CCOCC2)ccc1-n1c(CN2CCN(C(=O)COc3ccc(Cl)cc3)CC2)nc2ccccc2c1=O. The molecule has 1 aromatic heterocycles. The molecule has 11 heteroatoms. The van der Waals surface area contributed by atoms with E-state index in [0.717, 1.165) is 38.4 Å². The second kappa shape index (κ2) is 14.6. The van der Waals surface area contributed by atoms with Gasteiger partial charge in [-0.2, -0.15) is 0 Å². The Kier molecular flexibility index (Phi) is 10.2. The summed E-state index contributed by atoms with van der Waals surface area (Å²) in [6.07, 6.45) is -0.0840. The molecule has 0 saturated carbocycles. The van der Waals surface area contributed by atoms with Crippen molar-refractivity contribution < 1.29 is 19.0 Å². The number of benzene rings is 3. The number of aromatic nitrogens is 2. The molecule has 3 aromatic carbocycles. The molecule has 0 aliphatic carbocycles. The van der Waals surface area contributed by atoms with E-state index in [9.17, 15) is 9.59 Å². The normalized spacial score (nSPS) is 16.2. The number of ether oxygens (including phenoxy) is 3. The maximum atomic E-state index is 14.1. The molecule has 4 aromatic rings. The third-order valence-corrected chi connectivity index (χ3v) is 8.50. The van der Waals surface area contributed by atoms with Crippen molar-refractivity contribution in [1.29, 1.82) is 0 Å². The number of amides is 1. The Morgan fingerprint density at radius 1 is 0.913 bits per heavy atom. The van der Waals surface area contributed by atoms with E-state index in [0.29, 0.717) is 71.7 Å². The Balaban J connectivity index is 1.23. The Labute approximate surface area is 274 Å². The number of carbonyl (C=O) groups excluding carboxylic acids is 1. The summed E-state index contributed by atoms with van der Waals surface area (Å²) < 4.78 is 19.2. The van der Waals surface area contributed by atoms with Crippen LogP contribution in [0.25, 0.3) is 16.6 Å². The number of para-hydroxylation sites is 1. The highest BCUT2D eigenvalue weighted by Crippen LogP contribution is 2.28. The predicted molar refractivity (Wildman–Crippen MR) is 178 cm³/mol. The largest absolute Gasteiger partial charge is 0.489 e. The highest BCUT2D eigenvalue weighted by Gasteiger charge is 2.25. The van der Waals surface area contributed by atoms with Gasteiger partial charge in [0.25, 0.3) is 11.5 Å². The van der Waals surface area contributed by atoms with Crippen LogP contribution >= 0.6 is 11.6 Å². The van der Waals surface area contributed by atoms with Gasteiger partial charge < -0.3 is 19.1 Å². The molecule has 0 N–H and O–H groups in total. The molecule has 2 saturated heterocycles. The van der Waals surface area contributed by atoms with Crippen LogP contribution in [0.1, 0.15) is 25.2 Å². The first-order valence-corrected chi connectivity index (χ1v) is 16.2. The van der Waals surface area contributed by atoms with Gasteiger partial charge in [-0.15, -0.1) is 0 Å². The molecule has 0 bridgehead atoms. The average molecular weight is 646 g/mol. The fourth-order valence-corrected chi connectivity index (χ4v) is 5.99. The van der Waals surface area contributed by atoms with Crippen molar-refractivity contribution in [1.82, 2.24) is 24.3 Å². The first kappa shape index (κ1) is 32.0. The monoisotopic (exact) mass is 645 g/mol. The molecule has 2 aliphatic heterocycles. The summed E-state index contributed by atoms with van der Waals surface area (Å²) >= 11 is 5.95. The van der Waals surface area contributed by atoms with Crippen LogP contribution in [0, 0.1) is 0 Å². The van der Waals surface area contributed by atoms with Crippen molar-refractivity contribution in [2.75, 3.05) is 59.1 Å². The summed E-state index contributed by atoms with van der Waals surface area (Å²) in [6, 6.07) is 20.5. The Morgan fingerprint density at radius 3 is 2.37 bits per heavy atom. The standard InChI is InChI=1S/C35H40ClN5O5/c1-25(2)46-32-21-26(22-39-17-19-44-20-18-39)7-12-31(32)41-33(37-30-6-4-3-5-29(30)35(41)43)23-38-13-15-40(16-14-38)34(42)24-45-28-10-8-27(36)9-11-28/h3-12,21,25H,13-20,22-24H2,1-2H3. The number of hydrogen-bond donors (Lipinski definition) is 0. The minimum absolute atomic E-state index is 0.0342. The molecule has 0 unspecified atom stereocenters. The highest BCUT2D eigenvalue weighted by molar-refractivity contribution is 6.30. The first-order valence-electron chi connectivity index (χ1n) is 15.8. The number of hydrogen-bond acceptors (Lipinski definition) is 8. The van der Waals surface area contributed by atoms with Crippen molar-refractivity contribution in [3.8, 4) is 17.2 Å². The van der Waals surface area contributed by atoms with Gasteiger partial charge >= 0.3 is 0 Å². The smallest absolute Gasteiger partial charge is 0.266 e. The first-order chi connectivity index (χ1) is 22.3. The third-order valence-electron chi connectivity index (χ3n) is 8.25. The van der Waals surface area contributed by atoms with Crippen molar-refractivity contribution >= 4 is 28.4 Å². The Morgan fingerprint density at radius 2 is 1.63 bits per heavy atom. The number of nitrogens with zero attached hydrogens (tertiary/aromatic N) is 5. The van der Waals surface area contributed by atoms with Crippen LogP contribution in [-0.4, -0.2) is 95.4 Å². The summed E-state index contributed by atoms with van der Waals surface area (Å²) in [5.41, 5.74) is 2.31. The number of rotatable bonds is 10. The van der Waals surface area contributed by atoms with Gasteiger partial charge in [-0.1, -0.05) is 29.8 Å². The van der Waals surface area contributed by atoms with E-state index in [2.05, 4.69) is 15.9 Å². The summed E-state index contributed by atoms with van der Waals surface area (Å²) in [6.45, 7) is 10.8. The van der Waals surface area contributed by atoms with E-state index in [4.69, 9.17) is 30.8 Å². The number of morpholine rings is 1. The lowest BCUT2D eigenvalue weighted by Gasteiger charge is -2.34. The maximum Gasteiger partial charge on any atom is 0.266 e.